The predicted octanol–water partition coefficient (Wildman–Crippen LogP) is 5.33. The third kappa shape index (κ3) is 3.52. The summed E-state index contributed by atoms with van der Waals surface area (Å²) in [6.45, 7) is 3.13. The minimum Gasteiger partial charge on any atom is -0.459 e. The van der Waals surface area contributed by atoms with Gasteiger partial charge in [0.2, 0.25) is 0 Å². The smallest absolute Gasteiger partial charge is 0.182 e. The Morgan fingerprint density at radius 3 is 2.44 bits per heavy atom. The lowest BCUT2D eigenvalue weighted by molar-refractivity contribution is 0.101. The maximum absolute atomic E-state index is 12.6. The first-order chi connectivity index (χ1) is 11.7. The van der Waals surface area contributed by atoms with E-state index in [4.69, 9.17) is 16.0 Å². The topological polar surface area (TPSA) is 64.3 Å². The second-order valence-electron chi connectivity index (χ2n) is 5.76. The predicted molar refractivity (Wildman–Crippen MR) is 101 cm³/mol. The van der Waals surface area contributed by atoms with Gasteiger partial charge in [-0.1, -0.05) is 27.5 Å². The summed E-state index contributed by atoms with van der Waals surface area (Å²) >= 11 is 9.53. The monoisotopic (exact) mass is 440 g/mol. The molecule has 0 bridgehead atoms. The van der Waals surface area contributed by atoms with Crippen molar-refractivity contribution in [1.82, 2.24) is 0 Å². The molecule has 0 aliphatic carbocycles. The number of carbonyl (C=O) groups is 1. The van der Waals surface area contributed by atoms with Crippen molar-refractivity contribution in [1.29, 1.82) is 0 Å². The van der Waals surface area contributed by atoms with Gasteiger partial charge in [0.05, 0.1) is 21.2 Å². The summed E-state index contributed by atoms with van der Waals surface area (Å²) in [6, 6.07) is 9.66. The van der Waals surface area contributed by atoms with E-state index in [1.807, 2.05) is 0 Å². The van der Waals surface area contributed by atoms with Crippen molar-refractivity contribution >= 4 is 54.1 Å². The molecule has 0 unspecified atom stereocenters. The van der Waals surface area contributed by atoms with Gasteiger partial charge < -0.3 is 4.42 Å². The van der Waals surface area contributed by atoms with Crippen LogP contribution >= 0.6 is 27.5 Å². The fourth-order valence-corrected chi connectivity index (χ4v) is 4.67. The Morgan fingerprint density at radius 2 is 1.84 bits per heavy atom. The van der Waals surface area contributed by atoms with E-state index in [9.17, 15) is 13.2 Å². The van der Waals surface area contributed by atoms with Crippen LogP contribution in [0.1, 0.15) is 28.6 Å². The van der Waals surface area contributed by atoms with Crippen molar-refractivity contribution in [2.75, 3.05) is 0 Å². The second-order valence-corrected chi connectivity index (χ2v) is 9.07. The van der Waals surface area contributed by atoms with Gasteiger partial charge in [0.1, 0.15) is 5.76 Å². The molecule has 0 fully saturated rings. The molecule has 1 heterocycles. The summed E-state index contributed by atoms with van der Waals surface area (Å²) in [4.78, 5) is 12.1. The fourth-order valence-electron chi connectivity index (χ4n) is 2.80. The van der Waals surface area contributed by atoms with Gasteiger partial charge >= 0.3 is 0 Å². The van der Waals surface area contributed by atoms with Gasteiger partial charge in [-0.2, -0.15) is 0 Å². The van der Waals surface area contributed by atoms with Crippen LogP contribution in [0.15, 0.2) is 50.2 Å². The number of hydrogen-bond acceptors (Lipinski definition) is 4. The summed E-state index contributed by atoms with van der Waals surface area (Å²) in [5.41, 5.74) is 1.33. The molecule has 0 saturated carbocycles. The van der Waals surface area contributed by atoms with E-state index >= 15 is 0 Å². The molecule has 3 aromatic rings. The number of halogens is 2. The molecule has 0 radical (unpaired) electrons. The molecule has 0 aliphatic rings. The molecule has 4 nitrogen and oxygen atoms in total. The SMILES string of the molecule is CC(=O)c1c(C)oc2c(Cl)cc(CS(=O)(=O)c3ccc(Br)cc3)cc12. The zero-order chi connectivity index (χ0) is 18.4. The minimum atomic E-state index is -3.54. The van der Waals surface area contributed by atoms with E-state index < -0.39 is 9.84 Å². The van der Waals surface area contributed by atoms with Crippen LogP contribution in [0.2, 0.25) is 5.02 Å². The van der Waals surface area contributed by atoms with Crippen LogP contribution in [0.4, 0.5) is 0 Å². The van der Waals surface area contributed by atoms with Gasteiger partial charge in [0.25, 0.3) is 0 Å². The average molecular weight is 442 g/mol. The van der Waals surface area contributed by atoms with Crippen LogP contribution in [-0.2, 0) is 15.6 Å². The van der Waals surface area contributed by atoms with Gasteiger partial charge in [-0.15, -0.1) is 0 Å². The molecule has 130 valence electrons. The van der Waals surface area contributed by atoms with Crippen molar-refractivity contribution in [2.45, 2.75) is 24.5 Å². The van der Waals surface area contributed by atoms with Gasteiger partial charge in [-0.25, -0.2) is 8.42 Å². The first-order valence-corrected chi connectivity index (χ1v) is 10.2. The lowest BCUT2D eigenvalue weighted by atomic mass is 10.1. The number of hydrogen-bond donors (Lipinski definition) is 0. The molecule has 1 aromatic heterocycles. The number of carbonyl (C=O) groups excluding carboxylic acids is 1. The third-order valence-electron chi connectivity index (χ3n) is 3.86. The number of aryl methyl sites for hydroxylation is 1. The number of ketones is 1. The zero-order valence-electron chi connectivity index (χ0n) is 13.5. The summed E-state index contributed by atoms with van der Waals surface area (Å²) in [7, 11) is -3.54. The Hall–Kier alpha value is -1.63. The van der Waals surface area contributed by atoms with Crippen molar-refractivity contribution < 1.29 is 17.6 Å². The van der Waals surface area contributed by atoms with Crippen LogP contribution in [-0.4, -0.2) is 14.2 Å². The number of rotatable bonds is 4. The zero-order valence-corrected chi connectivity index (χ0v) is 16.6. The maximum atomic E-state index is 12.6. The molecular weight excluding hydrogens is 428 g/mol. The number of Topliss-reactive ketones (excluding diaryl/α,β-unsaturated/α-hetero) is 1. The molecule has 3 rings (SSSR count). The van der Waals surface area contributed by atoms with Crippen molar-refractivity contribution in [3.63, 3.8) is 0 Å². The standard InChI is InChI=1S/C18H14BrClO4S/c1-10(21)17-11(2)24-18-15(17)7-12(8-16(18)20)9-25(22,23)14-5-3-13(19)4-6-14/h3-8H,9H2,1-2H3. The second kappa shape index (κ2) is 6.59. The van der Waals surface area contributed by atoms with Gasteiger partial charge in [-0.3, -0.25) is 4.79 Å². The summed E-state index contributed by atoms with van der Waals surface area (Å²) in [6.07, 6.45) is 0. The summed E-state index contributed by atoms with van der Waals surface area (Å²) in [5.74, 6) is 0.101. The van der Waals surface area contributed by atoms with E-state index in [1.54, 1.807) is 43.3 Å². The molecule has 0 N–H and O–H groups in total. The first kappa shape index (κ1) is 18.2. The van der Waals surface area contributed by atoms with Crippen molar-refractivity contribution in [2.24, 2.45) is 0 Å². The highest BCUT2D eigenvalue weighted by Gasteiger charge is 2.21. The normalized spacial score (nSPS) is 11.8. The van der Waals surface area contributed by atoms with E-state index in [0.29, 0.717) is 27.9 Å². The molecule has 2 aromatic carbocycles. The lowest BCUT2D eigenvalue weighted by Crippen LogP contribution is -2.05. The summed E-state index contributed by atoms with van der Waals surface area (Å²) in [5, 5.41) is 0.826. The van der Waals surface area contributed by atoms with E-state index in [0.717, 1.165) is 4.47 Å². The Bertz CT molecular complexity index is 1080. The molecule has 0 saturated heterocycles. The van der Waals surface area contributed by atoms with E-state index in [-0.39, 0.29) is 21.5 Å². The van der Waals surface area contributed by atoms with Crippen LogP contribution in [0.25, 0.3) is 11.0 Å². The van der Waals surface area contributed by atoms with Gasteiger partial charge in [0.15, 0.2) is 21.2 Å². The molecular formula is C18H14BrClO4S. The molecule has 0 aliphatic heterocycles. The minimum absolute atomic E-state index is 0.153. The lowest BCUT2D eigenvalue weighted by Gasteiger charge is -2.06. The van der Waals surface area contributed by atoms with E-state index in [2.05, 4.69) is 15.9 Å². The Balaban J connectivity index is 2.09. The summed E-state index contributed by atoms with van der Waals surface area (Å²) < 4.78 is 31.6. The molecule has 0 spiro atoms. The maximum Gasteiger partial charge on any atom is 0.182 e. The Kier molecular flexibility index (Phi) is 4.79. The third-order valence-corrected chi connectivity index (χ3v) is 6.37. The van der Waals surface area contributed by atoms with Crippen LogP contribution in [0.3, 0.4) is 0 Å². The fraction of sp³-hybridized carbons (Fsp3) is 0.167. The van der Waals surface area contributed by atoms with E-state index in [1.165, 1.54) is 6.92 Å². The largest absolute Gasteiger partial charge is 0.459 e. The van der Waals surface area contributed by atoms with Crippen molar-refractivity contribution in [3.05, 3.63) is 62.8 Å². The van der Waals surface area contributed by atoms with Crippen LogP contribution in [0, 0.1) is 6.92 Å². The average Bonchev–Trinajstić information content (AvgIpc) is 2.84. The van der Waals surface area contributed by atoms with Gasteiger partial charge in [-0.05, 0) is 55.8 Å². The molecule has 0 atom stereocenters. The first-order valence-electron chi connectivity index (χ1n) is 7.40. The van der Waals surface area contributed by atoms with Crippen LogP contribution < -0.4 is 0 Å². The van der Waals surface area contributed by atoms with Gasteiger partial charge in [0, 0.05) is 9.86 Å². The number of benzene rings is 2. The number of fused-ring (bicyclic) bond motifs is 1. The highest BCUT2D eigenvalue weighted by Crippen LogP contribution is 2.33. The highest BCUT2D eigenvalue weighted by molar-refractivity contribution is 9.10. The number of furan rings is 1. The quantitative estimate of drug-likeness (QED) is 0.513. The van der Waals surface area contributed by atoms with Crippen molar-refractivity contribution in [3.8, 4) is 0 Å². The highest BCUT2D eigenvalue weighted by atomic mass is 79.9. The molecule has 25 heavy (non-hydrogen) atoms. The molecule has 0 amide bonds. The molecule has 7 heteroatoms. The van der Waals surface area contributed by atoms with Crippen LogP contribution in [0.5, 0.6) is 0 Å². The Morgan fingerprint density at radius 1 is 1.20 bits per heavy atom. The number of sulfone groups is 1. The Labute approximate surface area is 158 Å².